The number of anilines is 2. The number of benzene rings is 1. The van der Waals surface area contributed by atoms with Crippen molar-refractivity contribution in [2.45, 2.75) is 32.2 Å². The second kappa shape index (κ2) is 7.60. The molecule has 3 saturated heterocycles. The van der Waals surface area contributed by atoms with Crippen molar-refractivity contribution in [3.8, 4) is 0 Å². The maximum Gasteiger partial charge on any atom is 0.414 e. The van der Waals surface area contributed by atoms with Gasteiger partial charge in [0.25, 0.3) is 0 Å². The zero-order valence-corrected chi connectivity index (χ0v) is 16.3. The number of rotatable bonds is 4. The average molecular weight is 389 g/mol. The number of carbonyl (C=O) groups excluding carboxylic acids is 2. The summed E-state index contributed by atoms with van der Waals surface area (Å²) in [7, 11) is 0. The van der Waals surface area contributed by atoms with Crippen LogP contribution in [-0.2, 0) is 19.0 Å². The first-order valence-corrected chi connectivity index (χ1v) is 9.82. The Bertz CT molecular complexity index is 732. The molecule has 0 aromatic heterocycles. The number of cyclic esters (lactones) is 1. The van der Waals surface area contributed by atoms with Gasteiger partial charge in [-0.3, -0.25) is 9.69 Å². The van der Waals surface area contributed by atoms with Gasteiger partial charge in [-0.05, 0) is 24.3 Å². The highest BCUT2D eigenvalue weighted by Crippen LogP contribution is 2.37. The van der Waals surface area contributed by atoms with E-state index in [-0.39, 0.29) is 24.0 Å². The predicted octanol–water partition coefficient (Wildman–Crippen LogP) is 1.74. The van der Waals surface area contributed by atoms with Crippen molar-refractivity contribution in [3.05, 3.63) is 24.3 Å². The van der Waals surface area contributed by atoms with Crippen LogP contribution in [0.4, 0.5) is 16.2 Å². The van der Waals surface area contributed by atoms with Crippen LogP contribution in [0, 0.1) is 5.92 Å². The van der Waals surface area contributed by atoms with Crippen molar-refractivity contribution < 1.29 is 23.8 Å². The summed E-state index contributed by atoms with van der Waals surface area (Å²) in [5.74, 6) is -0.269. The molecular formula is C20H27N3O5. The van der Waals surface area contributed by atoms with E-state index in [1.165, 1.54) is 6.92 Å². The molecule has 2 unspecified atom stereocenters. The molecule has 1 spiro atoms. The second-order valence-electron chi connectivity index (χ2n) is 7.68. The first-order chi connectivity index (χ1) is 13.5. The van der Waals surface area contributed by atoms with Crippen molar-refractivity contribution >= 4 is 23.4 Å². The van der Waals surface area contributed by atoms with Crippen LogP contribution in [0.2, 0.25) is 0 Å². The lowest BCUT2D eigenvalue weighted by atomic mass is 9.92. The van der Waals surface area contributed by atoms with E-state index >= 15 is 0 Å². The van der Waals surface area contributed by atoms with Gasteiger partial charge in [-0.25, -0.2) is 4.79 Å². The van der Waals surface area contributed by atoms with Crippen molar-refractivity contribution in [1.29, 1.82) is 0 Å². The number of nitrogens with zero attached hydrogens (tertiary/aromatic N) is 2. The topological polar surface area (TPSA) is 80.3 Å². The highest BCUT2D eigenvalue weighted by molar-refractivity contribution is 5.90. The van der Waals surface area contributed by atoms with E-state index in [9.17, 15) is 9.59 Å². The maximum atomic E-state index is 12.2. The first-order valence-electron chi connectivity index (χ1n) is 9.82. The quantitative estimate of drug-likeness (QED) is 0.845. The fourth-order valence-corrected chi connectivity index (χ4v) is 4.17. The molecule has 8 nitrogen and oxygen atoms in total. The average Bonchev–Trinajstić information content (AvgIpc) is 3.30. The summed E-state index contributed by atoms with van der Waals surface area (Å²) in [6.07, 6.45) is 0.132. The maximum absolute atomic E-state index is 12.2. The first kappa shape index (κ1) is 19.0. The molecule has 28 heavy (non-hydrogen) atoms. The Morgan fingerprint density at radius 2 is 1.86 bits per heavy atom. The Hall–Kier alpha value is -2.32. The molecule has 0 radical (unpaired) electrons. The number of carbonyl (C=O) groups is 2. The summed E-state index contributed by atoms with van der Waals surface area (Å²) in [6.45, 7) is 7.45. The molecule has 1 N–H and O–H groups in total. The molecule has 3 aliphatic heterocycles. The third-order valence-electron chi connectivity index (χ3n) is 5.73. The standard InChI is InChI=1S/C20H27N3O5/c1-14-12-22(8-7-20(14)26-9-10-27-20)16-3-5-17(6-4-16)23-13-18(28-19(23)25)11-21-15(2)24/h3-6,14,18H,7-13H2,1-2H3,(H,21,24). The van der Waals surface area contributed by atoms with E-state index in [1.807, 2.05) is 24.3 Å². The molecule has 8 heteroatoms. The molecule has 0 saturated carbocycles. The smallest absolute Gasteiger partial charge is 0.414 e. The Labute approximate surface area is 164 Å². The van der Waals surface area contributed by atoms with E-state index in [1.54, 1.807) is 4.90 Å². The molecule has 3 heterocycles. The number of hydrogen-bond donors (Lipinski definition) is 1. The van der Waals surface area contributed by atoms with Gasteiger partial charge in [0.15, 0.2) is 5.79 Å². The van der Waals surface area contributed by atoms with E-state index in [0.717, 1.165) is 30.9 Å². The predicted molar refractivity (Wildman–Crippen MR) is 103 cm³/mol. The van der Waals surface area contributed by atoms with Crippen LogP contribution in [0.25, 0.3) is 0 Å². The van der Waals surface area contributed by atoms with E-state index < -0.39 is 5.79 Å². The van der Waals surface area contributed by atoms with E-state index in [0.29, 0.717) is 26.3 Å². The lowest BCUT2D eigenvalue weighted by molar-refractivity contribution is -0.199. The Morgan fingerprint density at radius 3 is 2.50 bits per heavy atom. The molecule has 4 rings (SSSR count). The van der Waals surface area contributed by atoms with Crippen molar-refractivity contribution in [1.82, 2.24) is 5.32 Å². The van der Waals surface area contributed by atoms with Crippen LogP contribution in [-0.4, -0.2) is 63.3 Å². The number of hydrogen-bond acceptors (Lipinski definition) is 6. The van der Waals surface area contributed by atoms with Gasteiger partial charge >= 0.3 is 6.09 Å². The second-order valence-corrected chi connectivity index (χ2v) is 7.68. The molecule has 1 aromatic rings. The van der Waals surface area contributed by atoms with Gasteiger partial charge in [-0.15, -0.1) is 0 Å². The molecule has 1 aromatic carbocycles. The van der Waals surface area contributed by atoms with Gasteiger partial charge in [0.2, 0.25) is 5.91 Å². The summed E-state index contributed by atoms with van der Waals surface area (Å²) >= 11 is 0. The minimum atomic E-state index is -0.418. The van der Waals surface area contributed by atoms with Gasteiger partial charge in [0, 0.05) is 43.7 Å². The summed E-state index contributed by atoms with van der Waals surface area (Å²) < 4.78 is 17.1. The van der Waals surface area contributed by atoms with Crippen molar-refractivity contribution in [2.75, 3.05) is 49.2 Å². The summed E-state index contributed by atoms with van der Waals surface area (Å²) in [4.78, 5) is 27.1. The molecule has 3 aliphatic rings. The van der Waals surface area contributed by atoms with Gasteiger partial charge in [0.1, 0.15) is 6.10 Å². The fraction of sp³-hybridized carbons (Fsp3) is 0.600. The third-order valence-corrected chi connectivity index (χ3v) is 5.73. The zero-order valence-electron chi connectivity index (χ0n) is 16.3. The minimum absolute atomic E-state index is 0.134. The molecule has 2 amide bonds. The number of piperidine rings is 1. The molecular weight excluding hydrogens is 362 g/mol. The highest BCUT2D eigenvalue weighted by Gasteiger charge is 2.45. The molecule has 0 aliphatic carbocycles. The largest absolute Gasteiger partial charge is 0.442 e. The lowest BCUT2D eigenvalue weighted by Gasteiger charge is -2.43. The van der Waals surface area contributed by atoms with Crippen LogP contribution in [0.3, 0.4) is 0 Å². The zero-order chi connectivity index (χ0) is 19.7. The molecule has 2 atom stereocenters. The lowest BCUT2D eigenvalue weighted by Crippen LogP contribution is -2.51. The fourth-order valence-electron chi connectivity index (χ4n) is 4.17. The number of amides is 2. The van der Waals surface area contributed by atoms with Crippen molar-refractivity contribution in [3.63, 3.8) is 0 Å². The Balaban J connectivity index is 1.38. The SMILES string of the molecule is CC(=O)NCC1CN(c2ccc(N3CCC4(OCCO4)C(C)C3)cc2)C(=O)O1. The van der Waals surface area contributed by atoms with E-state index in [2.05, 4.69) is 17.1 Å². The van der Waals surface area contributed by atoms with Crippen LogP contribution < -0.4 is 15.1 Å². The van der Waals surface area contributed by atoms with Gasteiger partial charge in [0.05, 0.1) is 26.3 Å². The summed E-state index contributed by atoms with van der Waals surface area (Å²) in [6, 6.07) is 7.94. The van der Waals surface area contributed by atoms with Gasteiger partial charge < -0.3 is 24.4 Å². The summed E-state index contributed by atoms with van der Waals surface area (Å²) in [5, 5.41) is 2.69. The van der Waals surface area contributed by atoms with Crippen molar-refractivity contribution in [2.24, 2.45) is 5.92 Å². The van der Waals surface area contributed by atoms with Crippen LogP contribution in [0.15, 0.2) is 24.3 Å². The van der Waals surface area contributed by atoms with Crippen LogP contribution in [0.5, 0.6) is 0 Å². The van der Waals surface area contributed by atoms with Gasteiger partial charge in [-0.1, -0.05) is 6.92 Å². The summed E-state index contributed by atoms with van der Waals surface area (Å²) in [5.41, 5.74) is 1.91. The van der Waals surface area contributed by atoms with E-state index in [4.69, 9.17) is 14.2 Å². The van der Waals surface area contributed by atoms with Crippen LogP contribution in [0.1, 0.15) is 20.3 Å². The van der Waals surface area contributed by atoms with Gasteiger partial charge in [-0.2, -0.15) is 0 Å². The third kappa shape index (κ3) is 3.66. The Morgan fingerprint density at radius 1 is 1.18 bits per heavy atom. The highest BCUT2D eigenvalue weighted by atomic mass is 16.7. The molecule has 0 bridgehead atoms. The van der Waals surface area contributed by atoms with Crippen LogP contribution >= 0.6 is 0 Å². The number of nitrogens with one attached hydrogen (secondary N) is 1. The normalized spacial score (nSPS) is 26.6. The molecule has 3 fully saturated rings. The Kier molecular flexibility index (Phi) is 5.16. The number of ether oxygens (including phenoxy) is 3. The molecule has 152 valence electrons. The minimum Gasteiger partial charge on any atom is -0.442 e. The monoisotopic (exact) mass is 389 g/mol.